The molecule has 0 aliphatic carbocycles. The molecule has 17 heavy (non-hydrogen) atoms. The zero-order chi connectivity index (χ0) is 12.3. The van der Waals surface area contributed by atoms with E-state index in [4.69, 9.17) is 16.3 Å². The summed E-state index contributed by atoms with van der Waals surface area (Å²) in [6, 6.07) is 2.35. The van der Waals surface area contributed by atoms with Crippen LogP contribution in [0.3, 0.4) is 0 Å². The Bertz CT molecular complexity index is 391. The monoisotopic (exact) mass is 273 g/mol. The summed E-state index contributed by atoms with van der Waals surface area (Å²) in [6.45, 7) is 4.46. The number of morpholine rings is 1. The van der Waals surface area contributed by atoms with Crippen LogP contribution in [0, 0.1) is 0 Å². The average Bonchev–Trinajstić information content (AvgIpc) is 2.29. The fraction of sp³-hybridized carbons (Fsp3) is 0.636. The Morgan fingerprint density at radius 1 is 1.59 bits per heavy atom. The number of hydrogen-bond acceptors (Lipinski definition) is 5. The van der Waals surface area contributed by atoms with Gasteiger partial charge in [0.1, 0.15) is 5.82 Å². The van der Waals surface area contributed by atoms with Crippen molar-refractivity contribution in [3.63, 3.8) is 0 Å². The lowest BCUT2D eigenvalue weighted by Gasteiger charge is -2.34. The van der Waals surface area contributed by atoms with Gasteiger partial charge in [0, 0.05) is 18.4 Å². The lowest BCUT2D eigenvalue weighted by Crippen LogP contribution is -2.44. The minimum Gasteiger partial charge on any atom is -0.377 e. The van der Waals surface area contributed by atoms with Crippen molar-refractivity contribution < 1.29 is 4.74 Å². The van der Waals surface area contributed by atoms with Crippen molar-refractivity contribution in [1.82, 2.24) is 9.97 Å². The molecule has 2 heterocycles. The maximum atomic E-state index is 5.96. The van der Waals surface area contributed by atoms with Crippen LogP contribution < -0.4 is 4.90 Å². The van der Waals surface area contributed by atoms with Crippen LogP contribution in [0.4, 0.5) is 5.82 Å². The largest absolute Gasteiger partial charge is 0.377 e. The first-order chi connectivity index (χ1) is 8.20. The lowest BCUT2D eigenvalue weighted by atomic mass is 10.2. The first kappa shape index (κ1) is 12.9. The van der Waals surface area contributed by atoms with E-state index in [9.17, 15) is 0 Å². The van der Waals surface area contributed by atoms with E-state index in [0.29, 0.717) is 11.3 Å². The molecule has 0 amide bonds. The number of rotatable bonds is 3. The average molecular weight is 274 g/mol. The van der Waals surface area contributed by atoms with Crippen LogP contribution in [-0.4, -0.2) is 42.0 Å². The predicted octanol–water partition coefficient (Wildman–Crippen LogP) is 2.22. The SMILES string of the molecule is CSCc1cc(N2CCOCC2C)nc(Cl)n1. The van der Waals surface area contributed by atoms with Crippen LogP contribution in [-0.2, 0) is 10.5 Å². The molecule has 2 rings (SSSR count). The Labute approximate surface area is 111 Å². The summed E-state index contributed by atoms with van der Waals surface area (Å²) in [6.07, 6.45) is 2.05. The highest BCUT2D eigenvalue weighted by Crippen LogP contribution is 2.21. The van der Waals surface area contributed by atoms with E-state index in [2.05, 4.69) is 21.8 Å². The molecule has 1 unspecified atom stereocenters. The number of thioether (sulfide) groups is 1. The highest BCUT2D eigenvalue weighted by molar-refractivity contribution is 7.97. The van der Waals surface area contributed by atoms with Gasteiger partial charge in [0.15, 0.2) is 0 Å². The molecule has 0 aromatic carbocycles. The second-order valence-electron chi connectivity index (χ2n) is 4.04. The molecule has 0 N–H and O–H groups in total. The molecule has 1 aliphatic rings. The third kappa shape index (κ3) is 3.24. The molecule has 0 spiro atoms. The molecular formula is C11H16ClN3OS. The normalized spacial score (nSPS) is 20.6. The van der Waals surface area contributed by atoms with Crippen molar-refractivity contribution in [3.05, 3.63) is 17.0 Å². The summed E-state index contributed by atoms with van der Waals surface area (Å²) in [5.74, 6) is 1.76. The highest BCUT2D eigenvalue weighted by Gasteiger charge is 2.21. The quantitative estimate of drug-likeness (QED) is 0.790. The smallest absolute Gasteiger partial charge is 0.224 e. The summed E-state index contributed by atoms with van der Waals surface area (Å²) in [7, 11) is 0. The zero-order valence-corrected chi connectivity index (χ0v) is 11.6. The molecule has 6 heteroatoms. The lowest BCUT2D eigenvalue weighted by molar-refractivity contribution is 0.0985. The van der Waals surface area contributed by atoms with Crippen molar-refractivity contribution >= 4 is 29.2 Å². The van der Waals surface area contributed by atoms with E-state index >= 15 is 0 Å². The second-order valence-corrected chi connectivity index (χ2v) is 5.24. The van der Waals surface area contributed by atoms with Crippen molar-refractivity contribution in [2.24, 2.45) is 0 Å². The van der Waals surface area contributed by atoms with Gasteiger partial charge >= 0.3 is 0 Å². The second kappa shape index (κ2) is 5.89. The molecule has 4 nitrogen and oxygen atoms in total. The Kier molecular flexibility index (Phi) is 4.48. The molecule has 0 bridgehead atoms. The van der Waals surface area contributed by atoms with Crippen LogP contribution in [0.25, 0.3) is 0 Å². The molecule has 1 fully saturated rings. The minimum absolute atomic E-state index is 0.324. The van der Waals surface area contributed by atoms with Gasteiger partial charge < -0.3 is 9.64 Å². The number of nitrogens with zero attached hydrogens (tertiary/aromatic N) is 3. The van der Waals surface area contributed by atoms with Gasteiger partial charge in [0.25, 0.3) is 0 Å². The van der Waals surface area contributed by atoms with Crippen LogP contribution in [0.15, 0.2) is 6.07 Å². The first-order valence-electron chi connectivity index (χ1n) is 5.57. The fourth-order valence-electron chi connectivity index (χ4n) is 1.89. The van der Waals surface area contributed by atoms with E-state index in [0.717, 1.165) is 37.0 Å². The van der Waals surface area contributed by atoms with Crippen LogP contribution in [0.5, 0.6) is 0 Å². The Balaban J connectivity index is 2.24. The van der Waals surface area contributed by atoms with E-state index in [1.165, 1.54) is 0 Å². The van der Waals surface area contributed by atoms with Crippen molar-refractivity contribution in [3.8, 4) is 0 Å². The fourth-order valence-corrected chi connectivity index (χ4v) is 2.53. The maximum absolute atomic E-state index is 5.96. The van der Waals surface area contributed by atoms with E-state index in [1.807, 2.05) is 12.3 Å². The number of ether oxygens (including phenoxy) is 1. The Morgan fingerprint density at radius 2 is 2.41 bits per heavy atom. The molecule has 1 atom stereocenters. The number of hydrogen-bond donors (Lipinski definition) is 0. The summed E-state index contributed by atoms with van der Waals surface area (Å²) < 4.78 is 5.42. The molecule has 94 valence electrons. The summed E-state index contributed by atoms with van der Waals surface area (Å²) >= 11 is 7.69. The topological polar surface area (TPSA) is 38.2 Å². The number of aromatic nitrogens is 2. The Hall–Kier alpha value is -0.520. The van der Waals surface area contributed by atoms with Gasteiger partial charge in [-0.1, -0.05) is 0 Å². The summed E-state index contributed by atoms with van der Waals surface area (Å²) in [4.78, 5) is 10.7. The third-order valence-corrected chi connectivity index (χ3v) is 3.45. The first-order valence-corrected chi connectivity index (χ1v) is 7.34. The van der Waals surface area contributed by atoms with Gasteiger partial charge in [0.05, 0.1) is 24.9 Å². The van der Waals surface area contributed by atoms with Gasteiger partial charge in [-0.05, 0) is 24.8 Å². The van der Waals surface area contributed by atoms with E-state index < -0.39 is 0 Å². The van der Waals surface area contributed by atoms with Gasteiger partial charge in [-0.15, -0.1) is 0 Å². The third-order valence-electron chi connectivity index (χ3n) is 2.69. The maximum Gasteiger partial charge on any atom is 0.224 e. The van der Waals surface area contributed by atoms with E-state index in [1.54, 1.807) is 11.8 Å². The zero-order valence-electron chi connectivity index (χ0n) is 10.0. The van der Waals surface area contributed by atoms with Gasteiger partial charge in [-0.25, -0.2) is 9.97 Å². The number of halogens is 1. The van der Waals surface area contributed by atoms with E-state index in [-0.39, 0.29) is 0 Å². The molecule has 1 aromatic rings. The summed E-state index contributed by atoms with van der Waals surface area (Å²) in [5, 5.41) is 0.324. The van der Waals surface area contributed by atoms with Crippen LogP contribution in [0.1, 0.15) is 12.6 Å². The van der Waals surface area contributed by atoms with Gasteiger partial charge in [-0.3, -0.25) is 0 Å². The van der Waals surface area contributed by atoms with Gasteiger partial charge in [0.2, 0.25) is 5.28 Å². The molecule has 0 radical (unpaired) electrons. The molecule has 1 saturated heterocycles. The van der Waals surface area contributed by atoms with Crippen molar-refractivity contribution in [2.45, 2.75) is 18.7 Å². The van der Waals surface area contributed by atoms with Crippen LogP contribution >= 0.6 is 23.4 Å². The number of anilines is 1. The molecular weight excluding hydrogens is 258 g/mol. The molecule has 1 aliphatic heterocycles. The molecule has 0 saturated carbocycles. The predicted molar refractivity (Wildman–Crippen MR) is 71.9 cm³/mol. The highest BCUT2D eigenvalue weighted by atomic mass is 35.5. The minimum atomic E-state index is 0.324. The van der Waals surface area contributed by atoms with Crippen LogP contribution in [0.2, 0.25) is 5.28 Å². The van der Waals surface area contributed by atoms with Gasteiger partial charge in [-0.2, -0.15) is 11.8 Å². The molecule has 1 aromatic heterocycles. The summed E-state index contributed by atoms with van der Waals surface area (Å²) in [5.41, 5.74) is 0.978. The standard InChI is InChI=1S/C11H16ClN3OS/c1-8-6-16-4-3-15(8)10-5-9(7-17-2)13-11(12)14-10/h5,8H,3-4,6-7H2,1-2H3. The van der Waals surface area contributed by atoms with Crippen molar-refractivity contribution in [2.75, 3.05) is 30.9 Å². The Morgan fingerprint density at radius 3 is 3.12 bits per heavy atom. The van der Waals surface area contributed by atoms with Crippen molar-refractivity contribution in [1.29, 1.82) is 0 Å².